The minimum Gasteiger partial charge on any atom is -0.355 e. The molecule has 0 aromatic heterocycles. The normalized spacial score (nSPS) is 10.8. The molecule has 0 aliphatic heterocycles. The summed E-state index contributed by atoms with van der Waals surface area (Å²) in [7, 11) is 0. The number of carbonyl (C=O) groups excluding carboxylic acids is 1. The van der Waals surface area contributed by atoms with Crippen LogP contribution in [0, 0.1) is 16.7 Å². The fourth-order valence-electron chi connectivity index (χ4n) is 1.24. The first kappa shape index (κ1) is 13.9. The summed E-state index contributed by atoms with van der Waals surface area (Å²) in [5, 5.41) is 14.5. The van der Waals surface area contributed by atoms with Crippen molar-refractivity contribution < 1.29 is 4.79 Å². The highest BCUT2D eigenvalue weighted by atomic mass is 16.1. The molecule has 2 N–H and O–H groups in total. The number of hydrogen-bond donors (Lipinski definition) is 2. The van der Waals surface area contributed by atoms with Gasteiger partial charge in [-0.2, -0.15) is 5.26 Å². The molecule has 0 aliphatic rings. The van der Waals surface area contributed by atoms with E-state index in [1.54, 1.807) is 0 Å². The number of nitriles is 1. The van der Waals surface area contributed by atoms with Crippen molar-refractivity contribution in [3.8, 4) is 6.07 Å². The lowest BCUT2D eigenvalue weighted by Gasteiger charge is -2.23. The van der Waals surface area contributed by atoms with Gasteiger partial charge in [-0.3, -0.25) is 4.79 Å². The first-order chi connectivity index (χ1) is 6.98. The van der Waals surface area contributed by atoms with E-state index >= 15 is 0 Å². The van der Waals surface area contributed by atoms with Gasteiger partial charge in [0.05, 0.1) is 6.07 Å². The minimum absolute atomic E-state index is 0.000501. The van der Waals surface area contributed by atoms with E-state index in [2.05, 4.69) is 30.6 Å². The fourth-order valence-corrected chi connectivity index (χ4v) is 1.24. The lowest BCUT2D eigenvalue weighted by Crippen LogP contribution is -2.35. The Hall–Kier alpha value is -1.08. The molecule has 86 valence electrons. The molecule has 0 radical (unpaired) electrons. The summed E-state index contributed by atoms with van der Waals surface area (Å²) in [5.74, 6) is 0.000501. The summed E-state index contributed by atoms with van der Waals surface area (Å²) < 4.78 is 0. The molecule has 0 bridgehead atoms. The maximum atomic E-state index is 10.6. The van der Waals surface area contributed by atoms with Crippen molar-refractivity contribution in [3.05, 3.63) is 0 Å². The van der Waals surface area contributed by atoms with E-state index in [1.807, 2.05) is 0 Å². The lowest BCUT2D eigenvalue weighted by molar-refractivity contribution is -0.118. The summed E-state index contributed by atoms with van der Waals surface area (Å²) >= 11 is 0. The third-order valence-electron chi connectivity index (χ3n) is 2.19. The van der Waals surface area contributed by atoms with Crippen LogP contribution in [0.1, 0.15) is 33.6 Å². The second kappa shape index (κ2) is 7.24. The van der Waals surface area contributed by atoms with E-state index in [0.29, 0.717) is 13.0 Å². The van der Waals surface area contributed by atoms with E-state index < -0.39 is 0 Å². The van der Waals surface area contributed by atoms with E-state index in [0.717, 1.165) is 19.5 Å². The van der Waals surface area contributed by atoms with Crippen molar-refractivity contribution in [2.45, 2.75) is 33.6 Å². The smallest absolute Gasteiger partial charge is 0.216 e. The van der Waals surface area contributed by atoms with Gasteiger partial charge < -0.3 is 10.6 Å². The monoisotopic (exact) mass is 211 g/mol. The summed E-state index contributed by atoms with van der Waals surface area (Å²) in [4.78, 5) is 10.6. The first-order valence-electron chi connectivity index (χ1n) is 5.30. The average Bonchev–Trinajstić information content (AvgIpc) is 2.14. The van der Waals surface area contributed by atoms with Gasteiger partial charge in [0.1, 0.15) is 0 Å². The SMILES string of the molecule is CC(=O)NCCNCC(C)(C)CCC#N. The third kappa shape index (κ3) is 9.23. The van der Waals surface area contributed by atoms with Gasteiger partial charge in [-0.25, -0.2) is 0 Å². The van der Waals surface area contributed by atoms with Crippen LogP contribution in [0.3, 0.4) is 0 Å². The predicted octanol–water partition coefficient (Wildman–Crippen LogP) is 1.04. The number of hydrogen-bond acceptors (Lipinski definition) is 3. The summed E-state index contributed by atoms with van der Waals surface area (Å²) in [6.45, 7) is 8.08. The molecule has 0 heterocycles. The molecule has 0 saturated carbocycles. The van der Waals surface area contributed by atoms with Gasteiger partial charge in [-0.1, -0.05) is 13.8 Å². The predicted molar refractivity (Wildman–Crippen MR) is 60.2 cm³/mol. The Labute approximate surface area is 92.0 Å². The van der Waals surface area contributed by atoms with Gasteiger partial charge in [0.15, 0.2) is 0 Å². The van der Waals surface area contributed by atoms with Gasteiger partial charge in [-0.15, -0.1) is 0 Å². The number of nitrogens with zero attached hydrogens (tertiary/aromatic N) is 1. The zero-order chi connectivity index (χ0) is 11.7. The van der Waals surface area contributed by atoms with Crippen molar-refractivity contribution in [2.75, 3.05) is 19.6 Å². The highest BCUT2D eigenvalue weighted by molar-refractivity contribution is 5.72. The standard InChI is InChI=1S/C11H21N3O/c1-10(15)14-8-7-13-9-11(2,3)5-4-6-12/h13H,4-5,7-9H2,1-3H3,(H,14,15). The maximum Gasteiger partial charge on any atom is 0.216 e. The van der Waals surface area contributed by atoms with Crippen LogP contribution in [0.4, 0.5) is 0 Å². The van der Waals surface area contributed by atoms with Crippen LogP contribution in [0.5, 0.6) is 0 Å². The van der Waals surface area contributed by atoms with Crippen molar-refractivity contribution in [1.82, 2.24) is 10.6 Å². The Morgan fingerprint density at radius 1 is 1.40 bits per heavy atom. The van der Waals surface area contributed by atoms with Crippen LogP contribution in [-0.4, -0.2) is 25.5 Å². The van der Waals surface area contributed by atoms with Crippen molar-refractivity contribution in [2.24, 2.45) is 5.41 Å². The number of rotatable bonds is 7. The Morgan fingerprint density at radius 3 is 2.60 bits per heavy atom. The molecule has 0 aromatic carbocycles. The molecule has 0 saturated heterocycles. The molecule has 4 heteroatoms. The molecular formula is C11H21N3O. The molecule has 0 atom stereocenters. The topological polar surface area (TPSA) is 64.9 Å². The summed E-state index contributed by atoms with van der Waals surface area (Å²) in [6.07, 6.45) is 1.50. The molecule has 0 aromatic rings. The Kier molecular flexibility index (Phi) is 6.72. The van der Waals surface area contributed by atoms with E-state index in [-0.39, 0.29) is 11.3 Å². The molecule has 0 aliphatic carbocycles. The van der Waals surface area contributed by atoms with Crippen LogP contribution in [0.2, 0.25) is 0 Å². The van der Waals surface area contributed by atoms with Crippen molar-refractivity contribution >= 4 is 5.91 Å². The zero-order valence-corrected chi connectivity index (χ0v) is 9.89. The van der Waals surface area contributed by atoms with Crippen molar-refractivity contribution in [1.29, 1.82) is 5.26 Å². The third-order valence-corrected chi connectivity index (χ3v) is 2.19. The second-order valence-corrected chi connectivity index (χ2v) is 4.48. The molecule has 15 heavy (non-hydrogen) atoms. The Bertz CT molecular complexity index is 230. The molecule has 1 amide bonds. The quantitative estimate of drug-likeness (QED) is 0.618. The zero-order valence-electron chi connectivity index (χ0n) is 9.89. The van der Waals surface area contributed by atoms with Gasteiger partial charge in [-0.05, 0) is 11.8 Å². The van der Waals surface area contributed by atoms with Gasteiger partial charge in [0.25, 0.3) is 0 Å². The lowest BCUT2D eigenvalue weighted by atomic mass is 9.88. The van der Waals surface area contributed by atoms with Gasteiger partial charge in [0.2, 0.25) is 5.91 Å². The average molecular weight is 211 g/mol. The molecule has 0 fully saturated rings. The van der Waals surface area contributed by atoms with E-state index in [9.17, 15) is 4.79 Å². The summed E-state index contributed by atoms with van der Waals surface area (Å²) in [6, 6.07) is 2.16. The molecule has 4 nitrogen and oxygen atoms in total. The van der Waals surface area contributed by atoms with E-state index in [4.69, 9.17) is 5.26 Å². The van der Waals surface area contributed by atoms with Crippen molar-refractivity contribution in [3.63, 3.8) is 0 Å². The minimum atomic E-state index is 0.000501. The highest BCUT2D eigenvalue weighted by Crippen LogP contribution is 2.20. The largest absolute Gasteiger partial charge is 0.355 e. The fraction of sp³-hybridized carbons (Fsp3) is 0.818. The van der Waals surface area contributed by atoms with Crippen LogP contribution in [0.15, 0.2) is 0 Å². The Balaban J connectivity index is 3.49. The number of amides is 1. The molecule has 0 spiro atoms. The summed E-state index contributed by atoms with van der Waals surface area (Å²) in [5.41, 5.74) is 0.145. The number of carbonyl (C=O) groups is 1. The van der Waals surface area contributed by atoms with Crippen LogP contribution in [0.25, 0.3) is 0 Å². The maximum absolute atomic E-state index is 10.6. The van der Waals surface area contributed by atoms with Crippen LogP contribution >= 0.6 is 0 Å². The Morgan fingerprint density at radius 2 is 2.07 bits per heavy atom. The molecule has 0 unspecified atom stereocenters. The van der Waals surface area contributed by atoms with E-state index in [1.165, 1.54) is 6.92 Å². The van der Waals surface area contributed by atoms with Crippen LogP contribution < -0.4 is 10.6 Å². The molecule has 0 rings (SSSR count). The van der Waals surface area contributed by atoms with Crippen LogP contribution in [-0.2, 0) is 4.79 Å². The second-order valence-electron chi connectivity index (χ2n) is 4.48. The number of nitrogens with one attached hydrogen (secondary N) is 2. The van der Waals surface area contributed by atoms with Gasteiger partial charge >= 0.3 is 0 Å². The molecular weight excluding hydrogens is 190 g/mol. The van der Waals surface area contributed by atoms with Gasteiger partial charge in [0, 0.05) is 33.0 Å². The highest BCUT2D eigenvalue weighted by Gasteiger charge is 2.16. The first-order valence-corrected chi connectivity index (χ1v) is 5.30.